The predicted octanol–water partition coefficient (Wildman–Crippen LogP) is 2.64. The Morgan fingerprint density at radius 3 is 3.13 bits per heavy atom. The zero-order valence-corrected chi connectivity index (χ0v) is 9.68. The first-order chi connectivity index (χ1) is 7.25. The lowest BCUT2D eigenvalue weighted by atomic mass is 10.2. The van der Waals surface area contributed by atoms with Gasteiger partial charge in [0.2, 0.25) is 6.39 Å². The molecule has 15 heavy (non-hydrogen) atoms. The van der Waals surface area contributed by atoms with Crippen LogP contribution in [-0.4, -0.2) is 10.1 Å². The topological polar surface area (TPSA) is 51.0 Å². The van der Waals surface area contributed by atoms with Gasteiger partial charge in [0.25, 0.3) is 0 Å². The molecular formula is C9H10ClN3OS. The fraction of sp³-hybridized carbons (Fsp3) is 0.333. The molecule has 1 atom stereocenters. The molecule has 0 radical (unpaired) electrons. The fourth-order valence-corrected chi connectivity index (χ4v) is 2.17. The van der Waals surface area contributed by atoms with Crippen molar-refractivity contribution in [3.63, 3.8) is 0 Å². The van der Waals surface area contributed by atoms with Crippen LogP contribution >= 0.6 is 22.9 Å². The minimum Gasteiger partial charge on any atom is -0.343 e. The van der Waals surface area contributed by atoms with Crippen LogP contribution in [0.1, 0.15) is 24.4 Å². The minimum absolute atomic E-state index is 0.229. The van der Waals surface area contributed by atoms with Gasteiger partial charge in [-0.3, -0.25) is 0 Å². The third-order valence-electron chi connectivity index (χ3n) is 2.06. The van der Waals surface area contributed by atoms with Gasteiger partial charge in [0.15, 0.2) is 5.82 Å². The third-order valence-corrected chi connectivity index (χ3v) is 3.17. The quantitative estimate of drug-likeness (QED) is 0.897. The fourth-order valence-electron chi connectivity index (χ4n) is 1.18. The van der Waals surface area contributed by atoms with E-state index >= 15 is 0 Å². The highest BCUT2D eigenvalue weighted by molar-refractivity contribution is 7.14. The van der Waals surface area contributed by atoms with Crippen LogP contribution in [0.5, 0.6) is 0 Å². The van der Waals surface area contributed by atoms with Gasteiger partial charge in [-0.2, -0.15) is 4.98 Å². The van der Waals surface area contributed by atoms with Gasteiger partial charge >= 0.3 is 0 Å². The van der Waals surface area contributed by atoms with Crippen molar-refractivity contribution >= 4 is 22.9 Å². The Labute approximate surface area is 96.3 Å². The molecule has 4 nitrogen and oxygen atoms in total. The molecule has 6 heteroatoms. The van der Waals surface area contributed by atoms with E-state index in [1.807, 2.05) is 11.4 Å². The van der Waals surface area contributed by atoms with Gasteiger partial charge in [0, 0.05) is 6.04 Å². The van der Waals surface area contributed by atoms with Crippen LogP contribution in [0.3, 0.4) is 0 Å². The second-order valence-electron chi connectivity index (χ2n) is 3.13. The predicted molar refractivity (Wildman–Crippen MR) is 58.9 cm³/mol. The largest absolute Gasteiger partial charge is 0.343 e. The van der Waals surface area contributed by atoms with Crippen LogP contribution in [0.2, 0.25) is 4.34 Å². The van der Waals surface area contributed by atoms with Crippen molar-refractivity contribution in [2.24, 2.45) is 0 Å². The van der Waals surface area contributed by atoms with E-state index in [1.165, 1.54) is 23.3 Å². The van der Waals surface area contributed by atoms with Crippen LogP contribution < -0.4 is 5.32 Å². The van der Waals surface area contributed by atoms with Crippen molar-refractivity contribution in [3.8, 4) is 0 Å². The number of halogens is 1. The lowest BCUT2D eigenvalue weighted by Crippen LogP contribution is -2.18. The van der Waals surface area contributed by atoms with Crippen molar-refractivity contribution in [3.05, 3.63) is 33.6 Å². The molecule has 2 heterocycles. The molecule has 2 aromatic heterocycles. The Morgan fingerprint density at radius 2 is 2.53 bits per heavy atom. The van der Waals surface area contributed by atoms with E-state index in [2.05, 4.69) is 26.9 Å². The lowest BCUT2D eigenvalue weighted by molar-refractivity contribution is 0.405. The maximum absolute atomic E-state index is 5.86. The standard InChI is InChI=1S/C9H10ClN3OS/c1-6(7-2-8(10)15-4-7)11-3-9-12-5-14-13-9/h2,4-6,11H,3H2,1H3. The first-order valence-corrected chi connectivity index (χ1v) is 5.74. The van der Waals surface area contributed by atoms with Crippen LogP contribution in [0, 0.1) is 0 Å². The molecule has 0 aliphatic heterocycles. The Kier molecular flexibility index (Phi) is 3.35. The lowest BCUT2D eigenvalue weighted by Gasteiger charge is -2.09. The molecule has 0 saturated carbocycles. The maximum Gasteiger partial charge on any atom is 0.213 e. The van der Waals surface area contributed by atoms with E-state index in [-0.39, 0.29) is 6.04 Å². The zero-order chi connectivity index (χ0) is 10.7. The molecule has 0 fully saturated rings. The summed E-state index contributed by atoms with van der Waals surface area (Å²) in [5, 5.41) is 9.03. The first-order valence-electron chi connectivity index (χ1n) is 4.48. The SMILES string of the molecule is CC(NCc1ncon1)c1csc(Cl)c1. The average Bonchev–Trinajstić information content (AvgIpc) is 2.84. The summed E-state index contributed by atoms with van der Waals surface area (Å²) in [6.45, 7) is 2.66. The van der Waals surface area contributed by atoms with Gasteiger partial charge in [-0.05, 0) is 23.9 Å². The zero-order valence-electron chi connectivity index (χ0n) is 8.11. The van der Waals surface area contributed by atoms with Crippen molar-refractivity contribution < 1.29 is 4.52 Å². The van der Waals surface area contributed by atoms with Crippen LogP contribution in [0.4, 0.5) is 0 Å². The van der Waals surface area contributed by atoms with Gasteiger partial charge in [-0.1, -0.05) is 16.8 Å². The van der Waals surface area contributed by atoms with Crippen molar-refractivity contribution in [1.29, 1.82) is 0 Å². The number of aromatic nitrogens is 2. The van der Waals surface area contributed by atoms with E-state index in [0.717, 1.165) is 4.34 Å². The van der Waals surface area contributed by atoms with Crippen molar-refractivity contribution in [2.75, 3.05) is 0 Å². The van der Waals surface area contributed by atoms with Crippen LogP contribution in [0.25, 0.3) is 0 Å². The second-order valence-corrected chi connectivity index (χ2v) is 4.68. The molecule has 0 amide bonds. The Bertz CT molecular complexity index is 415. The summed E-state index contributed by atoms with van der Waals surface area (Å²) in [5.74, 6) is 0.656. The molecule has 0 aliphatic rings. The van der Waals surface area contributed by atoms with Crippen molar-refractivity contribution in [2.45, 2.75) is 19.5 Å². The number of thiophene rings is 1. The van der Waals surface area contributed by atoms with E-state index < -0.39 is 0 Å². The number of nitrogens with zero attached hydrogens (tertiary/aromatic N) is 2. The Morgan fingerprint density at radius 1 is 1.67 bits per heavy atom. The molecule has 80 valence electrons. The molecule has 0 aromatic carbocycles. The number of hydrogen-bond donors (Lipinski definition) is 1. The summed E-state index contributed by atoms with van der Waals surface area (Å²) < 4.78 is 5.44. The third kappa shape index (κ3) is 2.77. The molecule has 0 spiro atoms. The van der Waals surface area contributed by atoms with Gasteiger partial charge in [-0.25, -0.2) is 0 Å². The summed E-state index contributed by atoms with van der Waals surface area (Å²) >= 11 is 7.39. The number of nitrogens with one attached hydrogen (secondary N) is 1. The van der Waals surface area contributed by atoms with E-state index in [0.29, 0.717) is 12.4 Å². The second kappa shape index (κ2) is 4.74. The van der Waals surface area contributed by atoms with Crippen LogP contribution in [-0.2, 0) is 6.54 Å². The smallest absolute Gasteiger partial charge is 0.213 e. The first kappa shape index (κ1) is 10.6. The molecule has 2 aromatic rings. The number of rotatable bonds is 4. The van der Waals surface area contributed by atoms with Gasteiger partial charge < -0.3 is 9.84 Å². The van der Waals surface area contributed by atoms with E-state index in [9.17, 15) is 0 Å². The summed E-state index contributed by atoms with van der Waals surface area (Å²) in [4.78, 5) is 3.92. The number of hydrogen-bond acceptors (Lipinski definition) is 5. The molecule has 1 unspecified atom stereocenters. The molecule has 1 N–H and O–H groups in total. The van der Waals surface area contributed by atoms with Crippen molar-refractivity contribution in [1.82, 2.24) is 15.5 Å². The van der Waals surface area contributed by atoms with Gasteiger partial charge in [0.1, 0.15) is 0 Å². The Hall–Kier alpha value is -0.910. The monoisotopic (exact) mass is 243 g/mol. The highest BCUT2D eigenvalue weighted by Gasteiger charge is 2.08. The van der Waals surface area contributed by atoms with E-state index in [4.69, 9.17) is 11.6 Å². The average molecular weight is 244 g/mol. The van der Waals surface area contributed by atoms with Gasteiger partial charge in [0.05, 0.1) is 10.9 Å². The Balaban J connectivity index is 1.90. The summed E-state index contributed by atoms with van der Waals surface area (Å²) in [6.07, 6.45) is 1.32. The molecule has 0 aliphatic carbocycles. The van der Waals surface area contributed by atoms with Crippen LogP contribution in [0.15, 0.2) is 22.4 Å². The molecule has 2 rings (SSSR count). The highest BCUT2D eigenvalue weighted by Crippen LogP contribution is 2.24. The normalized spacial score (nSPS) is 12.9. The molecule has 0 saturated heterocycles. The minimum atomic E-state index is 0.229. The molecular weight excluding hydrogens is 234 g/mol. The maximum atomic E-state index is 5.86. The summed E-state index contributed by atoms with van der Waals surface area (Å²) in [5.41, 5.74) is 1.17. The summed E-state index contributed by atoms with van der Waals surface area (Å²) in [6, 6.07) is 2.19. The highest BCUT2D eigenvalue weighted by atomic mass is 35.5. The summed E-state index contributed by atoms with van der Waals surface area (Å²) in [7, 11) is 0. The van der Waals surface area contributed by atoms with E-state index in [1.54, 1.807) is 0 Å². The van der Waals surface area contributed by atoms with Gasteiger partial charge in [-0.15, -0.1) is 11.3 Å². The molecule has 0 bridgehead atoms.